The van der Waals surface area contributed by atoms with E-state index in [0.29, 0.717) is 12.0 Å². The third kappa shape index (κ3) is 2.56. The van der Waals surface area contributed by atoms with E-state index in [-0.39, 0.29) is 17.2 Å². The molecule has 112 valence electrons. The number of aryl methyl sites for hydroxylation is 2. The van der Waals surface area contributed by atoms with Gasteiger partial charge in [-0.25, -0.2) is 0 Å². The third-order valence-electron chi connectivity index (χ3n) is 3.95. The minimum Gasteiger partial charge on any atom is -0.507 e. The molecule has 0 radical (unpaired) electrons. The van der Waals surface area contributed by atoms with Gasteiger partial charge >= 0.3 is 0 Å². The van der Waals surface area contributed by atoms with Crippen molar-refractivity contribution in [2.24, 2.45) is 0 Å². The largest absolute Gasteiger partial charge is 0.507 e. The standard InChI is InChI=1S/C18H22O3/c1-4-11-10-12(5-2)18(21)13(6-3)16(11)17-14(19)8-7-9-15(17)20/h7-10,19-21H,4-6H2,1-3H3. The van der Waals surface area contributed by atoms with E-state index in [2.05, 4.69) is 0 Å². The molecule has 3 nitrogen and oxygen atoms in total. The Morgan fingerprint density at radius 1 is 0.762 bits per heavy atom. The maximum absolute atomic E-state index is 10.5. The third-order valence-corrected chi connectivity index (χ3v) is 3.95. The molecule has 2 rings (SSSR count). The van der Waals surface area contributed by atoms with Crippen LogP contribution in [-0.4, -0.2) is 15.3 Å². The summed E-state index contributed by atoms with van der Waals surface area (Å²) in [6, 6.07) is 6.68. The van der Waals surface area contributed by atoms with Gasteiger partial charge in [0, 0.05) is 5.56 Å². The van der Waals surface area contributed by atoms with Gasteiger partial charge in [0.2, 0.25) is 0 Å². The zero-order valence-electron chi connectivity index (χ0n) is 12.8. The van der Waals surface area contributed by atoms with Crippen LogP contribution in [0, 0.1) is 0 Å². The van der Waals surface area contributed by atoms with E-state index in [4.69, 9.17) is 0 Å². The first-order chi connectivity index (χ1) is 10.0. The number of phenolic OH excluding ortho intramolecular Hbond substituents is 3. The normalized spacial score (nSPS) is 10.8. The van der Waals surface area contributed by atoms with Gasteiger partial charge in [0.1, 0.15) is 17.2 Å². The van der Waals surface area contributed by atoms with Gasteiger partial charge in [-0.3, -0.25) is 0 Å². The van der Waals surface area contributed by atoms with Crippen molar-refractivity contribution in [1.82, 2.24) is 0 Å². The Labute approximate surface area is 125 Å². The summed E-state index contributed by atoms with van der Waals surface area (Å²) in [6.45, 7) is 6.01. The number of rotatable bonds is 4. The van der Waals surface area contributed by atoms with Gasteiger partial charge < -0.3 is 15.3 Å². The van der Waals surface area contributed by atoms with Crippen LogP contribution >= 0.6 is 0 Å². The van der Waals surface area contributed by atoms with Crippen molar-refractivity contribution < 1.29 is 15.3 Å². The lowest BCUT2D eigenvalue weighted by Gasteiger charge is -2.19. The second-order valence-corrected chi connectivity index (χ2v) is 5.13. The minimum atomic E-state index is 0.0306. The van der Waals surface area contributed by atoms with Crippen LogP contribution in [0.5, 0.6) is 17.2 Å². The van der Waals surface area contributed by atoms with E-state index in [9.17, 15) is 15.3 Å². The predicted octanol–water partition coefficient (Wildman–Crippen LogP) is 4.16. The lowest BCUT2D eigenvalue weighted by molar-refractivity contribution is 0.452. The highest BCUT2D eigenvalue weighted by Crippen LogP contribution is 2.44. The quantitative estimate of drug-likeness (QED) is 0.791. The van der Waals surface area contributed by atoms with Crippen molar-refractivity contribution >= 4 is 0 Å². The van der Waals surface area contributed by atoms with Crippen LogP contribution in [0.2, 0.25) is 0 Å². The molecule has 0 saturated carbocycles. The van der Waals surface area contributed by atoms with Gasteiger partial charge in [-0.05, 0) is 48.1 Å². The first-order valence-electron chi connectivity index (χ1n) is 7.42. The lowest BCUT2D eigenvalue weighted by atomic mass is 9.87. The summed E-state index contributed by atoms with van der Waals surface area (Å²) in [5, 5.41) is 30.8. The van der Waals surface area contributed by atoms with Crippen LogP contribution in [0.25, 0.3) is 11.1 Å². The summed E-state index contributed by atoms with van der Waals surface area (Å²) >= 11 is 0. The van der Waals surface area contributed by atoms with Crippen molar-refractivity contribution in [3.8, 4) is 28.4 Å². The maximum atomic E-state index is 10.5. The van der Waals surface area contributed by atoms with Gasteiger partial charge in [0.15, 0.2) is 0 Å². The number of benzene rings is 2. The molecule has 0 spiro atoms. The molecule has 0 unspecified atom stereocenters. The van der Waals surface area contributed by atoms with Crippen LogP contribution in [0.15, 0.2) is 24.3 Å². The van der Waals surface area contributed by atoms with Crippen molar-refractivity contribution in [3.63, 3.8) is 0 Å². The van der Waals surface area contributed by atoms with Crippen molar-refractivity contribution in [1.29, 1.82) is 0 Å². The molecular formula is C18H22O3. The molecule has 21 heavy (non-hydrogen) atoms. The summed E-state index contributed by atoms with van der Waals surface area (Å²) < 4.78 is 0. The molecule has 0 aliphatic heterocycles. The van der Waals surface area contributed by atoms with Gasteiger partial charge in [-0.1, -0.05) is 32.9 Å². The van der Waals surface area contributed by atoms with Gasteiger partial charge in [0.25, 0.3) is 0 Å². The average molecular weight is 286 g/mol. The molecule has 2 aromatic carbocycles. The molecule has 0 amide bonds. The Morgan fingerprint density at radius 2 is 1.33 bits per heavy atom. The molecule has 0 bridgehead atoms. The monoisotopic (exact) mass is 286 g/mol. The van der Waals surface area contributed by atoms with Crippen molar-refractivity contribution in [2.75, 3.05) is 0 Å². The summed E-state index contributed by atoms with van der Waals surface area (Å²) in [5.41, 5.74) is 3.87. The molecule has 0 aliphatic carbocycles. The number of hydrogen-bond acceptors (Lipinski definition) is 3. The maximum Gasteiger partial charge on any atom is 0.127 e. The van der Waals surface area contributed by atoms with Gasteiger partial charge in [0.05, 0.1) is 5.56 Å². The fraction of sp³-hybridized carbons (Fsp3) is 0.333. The average Bonchev–Trinajstić information content (AvgIpc) is 2.47. The number of phenols is 3. The minimum absolute atomic E-state index is 0.0306. The summed E-state index contributed by atoms with van der Waals surface area (Å²) in [5.74, 6) is 0.334. The fourth-order valence-corrected chi connectivity index (χ4v) is 2.85. The van der Waals surface area contributed by atoms with Crippen LogP contribution in [0.4, 0.5) is 0 Å². The van der Waals surface area contributed by atoms with Crippen LogP contribution < -0.4 is 0 Å². The molecule has 3 N–H and O–H groups in total. The molecular weight excluding hydrogens is 264 g/mol. The molecule has 0 heterocycles. The van der Waals surface area contributed by atoms with Crippen LogP contribution in [0.3, 0.4) is 0 Å². The number of aromatic hydroxyl groups is 3. The van der Waals surface area contributed by atoms with E-state index in [1.54, 1.807) is 18.2 Å². The van der Waals surface area contributed by atoms with E-state index < -0.39 is 0 Å². The highest BCUT2D eigenvalue weighted by atomic mass is 16.3. The second kappa shape index (κ2) is 6.08. The second-order valence-electron chi connectivity index (χ2n) is 5.13. The van der Waals surface area contributed by atoms with Crippen molar-refractivity contribution in [3.05, 3.63) is 41.0 Å². The molecule has 0 atom stereocenters. The van der Waals surface area contributed by atoms with E-state index in [1.165, 1.54) is 0 Å². The Bertz CT molecular complexity index is 640. The van der Waals surface area contributed by atoms with E-state index in [1.807, 2.05) is 26.8 Å². The van der Waals surface area contributed by atoms with Crippen LogP contribution in [-0.2, 0) is 19.3 Å². The predicted molar refractivity (Wildman–Crippen MR) is 85.0 cm³/mol. The first-order valence-corrected chi connectivity index (χ1v) is 7.42. The smallest absolute Gasteiger partial charge is 0.127 e. The molecule has 0 saturated heterocycles. The Kier molecular flexibility index (Phi) is 4.41. The van der Waals surface area contributed by atoms with Crippen molar-refractivity contribution in [2.45, 2.75) is 40.0 Å². The Morgan fingerprint density at radius 3 is 1.81 bits per heavy atom. The van der Waals surface area contributed by atoms with E-state index >= 15 is 0 Å². The van der Waals surface area contributed by atoms with E-state index in [0.717, 1.165) is 35.1 Å². The first kappa shape index (κ1) is 15.2. The highest BCUT2D eigenvalue weighted by molar-refractivity contribution is 5.83. The van der Waals surface area contributed by atoms with Gasteiger partial charge in [-0.15, -0.1) is 0 Å². The molecule has 0 aliphatic rings. The molecule has 3 heteroatoms. The topological polar surface area (TPSA) is 60.7 Å². The molecule has 2 aromatic rings. The summed E-state index contributed by atoms with van der Waals surface area (Å²) in [4.78, 5) is 0. The molecule has 0 aromatic heterocycles. The Balaban J connectivity index is 2.87. The summed E-state index contributed by atoms with van der Waals surface area (Å²) in [6.07, 6.45) is 2.15. The SMILES string of the molecule is CCc1cc(CC)c(-c2c(O)cccc2O)c(CC)c1O. The summed E-state index contributed by atoms with van der Waals surface area (Å²) in [7, 11) is 0. The zero-order valence-corrected chi connectivity index (χ0v) is 12.8. The lowest BCUT2D eigenvalue weighted by Crippen LogP contribution is -1.99. The molecule has 0 fully saturated rings. The fourth-order valence-electron chi connectivity index (χ4n) is 2.85. The van der Waals surface area contributed by atoms with Gasteiger partial charge in [-0.2, -0.15) is 0 Å². The van der Waals surface area contributed by atoms with Crippen LogP contribution in [0.1, 0.15) is 37.5 Å². The zero-order chi connectivity index (χ0) is 15.6. The number of hydrogen-bond donors (Lipinski definition) is 3. The highest BCUT2D eigenvalue weighted by Gasteiger charge is 2.21. The Hall–Kier alpha value is -2.16.